The highest BCUT2D eigenvalue weighted by Crippen LogP contribution is 2.20. The van der Waals surface area contributed by atoms with E-state index in [4.69, 9.17) is 10.5 Å². The van der Waals surface area contributed by atoms with Crippen molar-refractivity contribution in [2.45, 2.75) is 19.4 Å². The van der Waals surface area contributed by atoms with E-state index in [-0.39, 0.29) is 6.04 Å². The lowest BCUT2D eigenvalue weighted by Gasteiger charge is -2.28. The van der Waals surface area contributed by atoms with Crippen LogP contribution in [-0.2, 0) is 4.74 Å². The molecule has 1 aliphatic heterocycles. The molecule has 1 aliphatic rings. The van der Waals surface area contributed by atoms with Gasteiger partial charge in [-0.05, 0) is 31.1 Å². The fourth-order valence-corrected chi connectivity index (χ4v) is 2.12. The molecule has 0 radical (unpaired) electrons. The first kappa shape index (κ1) is 13.1. The van der Waals surface area contributed by atoms with Gasteiger partial charge in [0.2, 0.25) is 0 Å². The molecule has 0 unspecified atom stereocenters. The predicted octanol–water partition coefficient (Wildman–Crippen LogP) is 1.88. The molecule has 0 aromatic carbocycles. The highest BCUT2D eigenvalue weighted by Gasteiger charge is 2.12. The molecule has 0 saturated heterocycles. The number of aromatic nitrogens is 1. The van der Waals surface area contributed by atoms with E-state index in [1.54, 1.807) is 7.11 Å². The third-order valence-corrected chi connectivity index (χ3v) is 3.24. The van der Waals surface area contributed by atoms with E-state index in [0.717, 1.165) is 37.5 Å². The second-order valence-electron chi connectivity index (χ2n) is 4.72. The van der Waals surface area contributed by atoms with Gasteiger partial charge in [-0.15, -0.1) is 0 Å². The summed E-state index contributed by atoms with van der Waals surface area (Å²) in [4.78, 5) is 6.71. The lowest BCUT2D eigenvalue weighted by atomic mass is 10.1. The Balaban J connectivity index is 2.01. The largest absolute Gasteiger partial charge is 0.380 e. The molecule has 18 heavy (non-hydrogen) atoms. The van der Waals surface area contributed by atoms with Crippen LogP contribution in [-0.4, -0.2) is 31.8 Å². The minimum atomic E-state index is -0.00592. The topological polar surface area (TPSA) is 51.4 Å². The summed E-state index contributed by atoms with van der Waals surface area (Å²) in [7, 11) is 1.74. The Morgan fingerprint density at radius 2 is 2.33 bits per heavy atom. The van der Waals surface area contributed by atoms with Crippen LogP contribution in [0.4, 0.5) is 5.69 Å². The molecule has 2 N–H and O–H groups in total. The molecule has 1 atom stereocenters. The number of nitrogens with two attached hydrogens (primary N) is 1. The van der Waals surface area contributed by atoms with E-state index in [1.807, 2.05) is 19.2 Å². The zero-order chi connectivity index (χ0) is 13.0. The normalized spacial score (nSPS) is 17.5. The Morgan fingerprint density at radius 3 is 2.83 bits per heavy atom. The third-order valence-electron chi connectivity index (χ3n) is 3.24. The SMILES string of the molecule is COCC1=CCN(c2ccc([C@@H](C)N)nc2)CC1. The van der Waals surface area contributed by atoms with Crippen molar-refractivity contribution in [2.24, 2.45) is 5.73 Å². The van der Waals surface area contributed by atoms with Gasteiger partial charge in [0.05, 0.1) is 24.2 Å². The van der Waals surface area contributed by atoms with Crippen LogP contribution in [0.1, 0.15) is 25.1 Å². The minimum absolute atomic E-state index is 0.00592. The van der Waals surface area contributed by atoms with Crippen molar-refractivity contribution < 1.29 is 4.74 Å². The molecule has 2 heterocycles. The van der Waals surface area contributed by atoms with Gasteiger partial charge < -0.3 is 15.4 Å². The summed E-state index contributed by atoms with van der Waals surface area (Å²) in [5.41, 5.74) is 9.27. The van der Waals surface area contributed by atoms with Crippen LogP contribution in [0.25, 0.3) is 0 Å². The highest BCUT2D eigenvalue weighted by atomic mass is 16.5. The van der Waals surface area contributed by atoms with Gasteiger partial charge in [-0.25, -0.2) is 0 Å². The van der Waals surface area contributed by atoms with E-state index in [9.17, 15) is 0 Å². The number of ether oxygens (including phenoxy) is 1. The Bertz CT molecular complexity index is 412. The highest BCUT2D eigenvalue weighted by molar-refractivity contribution is 5.46. The van der Waals surface area contributed by atoms with Crippen LogP contribution in [0.5, 0.6) is 0 Å². The fourth-order valence-electron chi connectivity index (χ4n) is 2.12. The van der Waals surface area contributed by atoms with E-state index in [2.05, 4.69) is 22.0 Å². The van der Waals surface area contributed by atoms with Gasteiger partial charge in [-0.1, -0.05) is 6.08 Å². The fraction of sp³-hybridized carbons (Fsp3) is 0.500. The molecule has 1 aromatic heterocycles. The Kier molecular flexibility index (Phi) is 4.33. The molecule has 0 amide bonds. The average Bonchev–Trinajstić information content (AvgIpc) is 2.40. The van der Waals surface area contributed by atoms with Gasteiger partial charge in [0.1, 0.15) is 0 Å². The summed E-state index contributed by atoms with van der Waals surface area (Å²) < 4.78 is 5.15. The number of anilines is 1. The number of hydrogen-bond acceptors (Lipinski definition) is 4. The third kappa shape index (κ3) is 3.09. The van der Waals surface area contributed by atoms with Crippen molar-refractivity contribution in [1.82, 2.24) is 4.98 Å². The zero-order valence-corrected chi connectivity index (χ0v) is 11.1. The van der Waals surface area contributed by atoms with Gasteiger partial charge in [-0.3, -0.25) is 4.98 Å². The van der Waals surface area contributed by atoms with E-state index in [1.165, 1.54) is 5.57 Å². The lowest BCUT2D eigenvalue weighted by molar-refractivity contribution is 0.222. The first-order valence-electron chi connectivity index (χ1n) is 6.34. The van der Waals surface area contributed by atoms with Crippen molar-refractivity contribution in [3.8, 4) is 0 Å². The van der Waals surface area contributed by atoms with Crippen LogP contribution in [0.15, 0.2) is 30.0 Å². The maximum Gasteiger partial charge on any atom is 0.0674 e. The van der Waals surface area contributed by atoms with Gasteiger partial charge in [0.25, 0.3) is 0 Å². The van der Waals surface area contributed by atoms with Gasteiger partial charge in [-0.2, -0.15) is 0 Å². The predicted molar refractivity (Wildman–Crippen MR) is 73.6 cm³/mol. The second-order valence-corrected chi connectivity index (χ2v) is 4.72. The number of rotatable bonds is 4. The summed E-state index contributed by atoms with van der Waals surface area (Å²) in [6, 6.07) is 4.10. The summed E-state index contributed by atoms with van der Waals surface area (Å²) in [6.07, 6.45) is 5.21. The molecule has 4 nitrogen and oxygen atoms in total. The van der Waals surface area contributed by atoms with Crippen molar-refractivity contribution >= 4 is 5.69 Å². The van der Waals surface area contributed by atoms with E-state index in [0.29, 0.717) is 0 Å². The minimum Gasteiger partial charge on any atom is -0.380 e. The monoisotopic (exact) mass is 247 g/mol. The van der Waals surface area contributed by atoms with Crippen LogP contribution >= 0.6 is 0 Å². The van der Waals surface area contributed by atoms with Crippen LogP contribution in [0.3, 0.4) is 0 Å². The molecule has 0 aliphatic carbocycles. The quantitative estimate of drug-likeness (QED) is 0.825. The molecular weight excluding hydrogens is 226 g/mol. The average molecular weight is 247 g/mol. The standard InChI is InChI=1S/C14H21N3O/c1-11(15)14-4-3-13(9-16-14)17-7-5-12(6-8-17)10-18-2/h3-5,9,11H,6-8,10,15H2,1-2H3/t11-/m1/s1. The number of methoxy groups -OCH3 is 1. The first-order valence-corrected chi connectivity index (χ1v) is 6.34. The maximum absolute atomic E-state index is 5.79. The summed E-state index contributed by atoms with van der Waals surface area (Å²) >= 11 is 0. The zero-order valence-electron chi connectivity index (χ0n) is 11.1. The number of pyridine rings is 1. The summed E-state index contributed by atoms with van der Waals surface area (Å²) in [5.74, 6) is 0. The van der Waals surface area contributed by atoms with Gasteiger partial charge in [0, 0.05) is 26.2 Å². The first-order chi connectivity index (χ1) is 8.70. The van der Waals surface area contributed by atoms with Crippen molar-refractivity contribution in [3.63, 3.8) is 0 Å². The molecular formula is C14H21N3O. The number of hydrogen-bond donors (Lipinski definition) is 1. The Labute approximate surface area is 108 Å². The van der Waals surface area contributed by atoms with E-state index >= 15 is 0 Å². The van der Waals surface area contributed by atoms with Crippen molar-refractivity contribution in [2.75, 3.05) is 31.7 Å². The maximum atomic E-state index is 5.79. The van der Waals surface area contributed by atoms with E-state index < -0.39 is 0 Å². The molecule has 98 valence electrons. The molecule has 2 rings (SSSR count). The van der Waals surface area contributed by atoms with Crippen LogP contribution in [0.2, 0.25) is 0 Å². The van der Waals surface area contributed by atoms with Crippen molar-refractivity contribution in [3.05, 3.63) is 35.7 Å². The second kappa shape index (κ2) is 5.98. The molecule has 4 heteroatoms. The molecule has 0 bridgehead atoms. The Morgan fingerprint density at radius 1 is 1.50 bits per heavy atom. The van der Waals surface area contributed by atoms with Crippen molar-refractivity contribution in [1.29, 1.82) is 0 Å². The number of nitrogens with zero attached hydrogens (tertiary/aromatic N) is 2. The van der Waals surface area contributed by atoms with Gasteiger partial charge in [0.15, 0.2) is 0 Å². The van der Waals surface area contributed by atoms with Gasteiger partial charge >= 0.3 is 0 Å². The molecule has 0 spiro atoms. The summed E-state index contributed by atoms with van der Waals surface area (Å²) in [6.45, 7) is 4.64. The van der Waals surface area contributed by atoms with Crippen LogP contribution < -0.4 is 10.6 Å². The molecule has 1 aromatic rings. The van der Waals surface area contributed by atoms with Crippen LogP contribution in [0, 0.1) is 0 Å². The molecule has 0 fully saturated rings. The summed E-state index contributed by atoms with van der Waals surface area (Å²) in [5, 5.41) is 0. The molecule has 0 saturated carbocycles. The smallest absolute Gasteiger partial charge is 0.0674 e. The lowest BCUT2D eigenvalue weighted by Crippen LogP contribution is -2.29. The Hall–Kier alpha value is -1.39.